The van der Waals surface area contributed by atoms with Gasteiger partial charge in [-0.3, -0.25) is 5.10 Å². The van der Waals surface area contributed by atoms with Crippen molar-refractivity contribution in [3.05, 3.63) is 64.3 Å². The van der Waals surface area contributed by atoms with Crippen molar-refractivity contribution in [1.29, 1.82) is 0 Å². The summed E-state index contributed by atoms with van der Waals surface area (Å²) >= 11 is 3.35. The first-order chi connectivity index (χ1) is 12.5. The number of halogens is 1. The first-order valence-corrected chi connectivity index (χ1v) is 8.78. The minimum Gasteiger partial charge on any atom is -0.445 e. The average Bonchev–Trinajstić information content (AvgIpc) is 3.07. The predicted octanol–water partition coefficient (Wildman–Crippen LogP) is 2.65. The van der Waals surface area contributed by atoms with Gasteiger partial charge in [0.2, 0.25) is 0 Å². The Kier molecular flexibility index (Phi) is 5.87. The Morgan fingerprint density at radius 2 is 2.00 bits per heavy atom. The van der Waals surface area contributed by atoms with Crippen LogP contribution < -0.4 is 5.32 Å². The SMILES string of the molecule is O=C(NCC(O)C(O)c1[nH]nc2cc(Br)ccc12)OCc1ccccc1. The van der Waals surface area contributed by atoms with Gasteiger partial charge in [0, 0.05) is 16.4 Å². The molecular formula is C18H18BrN3O4. The summed E-state index contributed by atoms with van der Waals surface area (Å²) in [6.07, 6.45) is -3.11. The number of carbonyl (C=O) groups is 1. The Labute approximate surface area is 158 Å². The number of aromatic amines is 1. The number of nitrogens with one attached hydrogen (secondary N) is 2. The zero-order chi connectivity index (χ0) is 18.5. The molecule has 2 unspecified atom stereocenters. The van der Waals surface area contributed by atoms with E-state index < -0.39 is 18.3 Å². The van der Waals surface area contributed by atoms with Crippen molar-refractivity contribution < 1.29 is 19.7 Å². The maximum Gasteiger partial charge on any atom is 0.407 e. The Balaban J connectivity index is 1.53. The second-order valence-corrected chi connectivity index (χ2v) is 6.67. The number of aromatic nitrogens is 2. The van der Waals surface area contributed by atoms with Crippen LogP contribution in [-0.4, -0.2) is 39.2 Å². The van der Waals surface area contributed by atoms with Crippen molar-refractivity contribution in [3.8, 4) is 0 Å². The van der Waals surface area contributed by atoms with E-state index in [1.807, 2.05) is 36.4 Å². The maximum atomic E-state index is 11.7. The Hall–Kier alpha value is -2.42. The van der Waals surface area contributed by atoms with E-state index in [9.17, 15) is 15.0 Å². The number of H-pyrrole nitrogens is 1. The van der Waals surface area contributed by atoms with Crippen LogP contribution in [0.25, 0.3) is 10.9 Å². The summed E-state index contributed by atoms with van der Waals surface area (Å²) in [5, 5.41) is 30.5. The van der Waals surface area contributed by atoms with Gasteiger partial charge in [-0.05, 0) is 23.8 Å². The summed E-state index contributed by atoms with van der Waals surface area (Å²) in [5.41, 5.74) is 1.91. The van der Waals surface area contributed by atoms with Crippen molar-refractivity contribution in [2.24, 2.45) is 0 Å². The second-order valence-electron chi connectivity index (χ2n) is 5.75. The molecule has 4 N–H and O–H groups in total. The molecule has 0 aliphatic heterocycles. The van der Waals surface area contributed by atoms with Crippen LogP contribution in [0, 0.1) is 0 Å². The van der Waals surface area contributed by atoms with Crippen LogP contribution in [0.5, 0.6) is 0 Å². The number of aliphatic hydroxyl groups is 2. The van der Waals surface area contributed by atoms with Gasteiger partial charge < -0.3 is 20.3 Å². The van der Waals surface area contributed by atoms with Crippen molar-refractivity contribution in [3.63, 3.8) is 0 Å². The molecule has 1 aromatic heterocycles. The lowest BCUT2D eigenvalue weighted by molar-refractivity contribution is 0.0167. The normalized spacial score (nSPS) is 13.3. The van der Waals surface area contributed by atoms with Crippen LogP contribution in [0.15, 0.2) is 53.0 Å². The fourth-order valence-electron chi connectivity index (χ4n) is 2.50. The molecule has 0 spiro atoms. The molecule has 8 heteroatoms. The summed E-state index contributed by atoms with van der Waals surface area (Å²) in [6.45, 7) is -0.0305. The maximum absolute atomic E-state index is 11.7. The fraction of sp³-hybridized carbons (Fsp3) is 0.222. The first-order valence-electron chi connectivity index (χ1n) is 7.99. The zero-order valence-electron chi connectivity index (χ0n) is 13.7. The van der Waals surface area contributed by atoms with Crippen LogP contribution in [0.2, 0.25) is 0 Å². The topological polar surface area (TPSA) is 107 Å². The van der Waals surface area contributed by atoms with E-state index in [1.165, 1.54) is 0 Å². The average molecular weight is 420 g/mol. The van der Waals surface area contributed by atoms with Crippen LogP contribution in [0.4, 0.5) is 4.79 Å². The van der Waals surface area contributed by atoms with Gasteiger partial charge in [0.1, 0.15) is 18.8 Å². The number of ether oxygens (including phenoxy) is 1. The van der Waals surface area contributed by atoms with Crippen molar-refractivity contribution in [2.75, 3.05) is 6.54 Å². The number of carbonyl (C=O) groups excluding carboxylic acids is 1. The second kappa shape index (κ2) is 8.31. The third-order valence-corrected chi connectivity index (χ3v) is 4.37. The molecule has 0 saturated heterocycles. The summed E-state index contributed by atoms with van der Waals surface area (Å²) < 4.78 is 5.93. The molecule has 7 nitrogen and oxygen atoms in total. The van der Waals surface area contributed by atoms with Crippen molar-refractivity contribution >= 4 is 32.9 Å². The van der Waals surface area contributed by atoms with Crippen LogP contribution in [-0.2, 0) is 11.3 Å². The predicted molar refractivity (Wildman–Crippen MR) is 99.4 cm³/mol. The number of rotatable bonds is 6. The highest BCUT2D eigenvalue weighted by atomic mass is 79.9. The van der Waals surface area contributed by atoms with E-state index in [4.69, 9.17) is 4.74 Å². The Bertz CT molecular complexity index is 885. The van der Waals surface area contributed by atoms with Crippen molar-refractivity contribution in [2.45, 2.75) is 18.8 Å². The molecule has 0 aliphatic carbocycles. The van der Waals surface area contributed by atoms with Gasteiger partial charge in [-0.15, -0.1) is 0 Å². The molecule has 26 heavy (non-hydrogen) atoms. The molecule has 2 atom stereocenters. The summed E-state index contributed by atoms with van der Waals surface area (Å²) in [5.74, 6) is 0. The quantitative estimate of drug-likeness (QED) is 0.491. The third-order valence-electron chi connectivity index (χ3n) is 3.88. The van der Waals surface area contributed by atoms with Gasteiger partial charge >= 0.3 is 6.09 Å². The Morgan fingerprint density at radius 1 is 1.23 bits per heavy atom. The van der Waals surface area contributed by atoms with Crippen molar-refractivity contribution in [1.82, 2.24) is 15.5 Å². The Morgan fingerprint density at radius 3 is 2.77 bits per heavy atom. The molecule has 1 heterocycles. The molecule has 0 aliphatic rings. The van der Waals surface area contributed by atoms with Gasteiger partial charge in [0.25, 0.3) is 0 Å². The monoisotopic (exact) mass is 419 g/mol. The lowest BCUT2D eigenvalue weighted by Crippen LogP contribution is -2.36. The molecule has 0 bridgehead atoms. The molecule has 3 aromatic rings. The molecule has 2 aromatic carbocycles. The van der Waals surface area contributed by atoms with E-state index in [2.05, 4.69) is 31.4 Å². The smallest absolute Gasteiger partial charge is 0.407 e. The number of aliphatic hydroxyl groups excluding tert-OH is 2. The van der Waals surface area contributed by atoms with Crippen LogP contribution in [0.1, 0.15) is 17.4 Å². The minimum absolute atomic E-state index is 0.130. The van der Waals surface area contributed by atoms with E-state index in [0.29, 0.717) is 16.6 Å². The lowest BCUT2D eigenvalue weighted by Gasteiger charge is -2.17. The molecular weight excluding hydrogens is 402 g/mol. The number of fused-ring (bicyclic) bond motifs is 1. The van der Waals surface area contributed by atoms with Gasteiger partial charge in [-0.25, -0.2) is 4.79 Å². The molecule has 3 rings (SSSR count). The number of alkyl carbamates (subject to hydrolysis) is 1. The standard InChI is InChI=1S/C18H18BrN3O4/c19-12-6-7-13-14(8-12)21-22-16(13)17(24)15(23)9-20-18(25)26-10-11-4-2-1-3-5-11/h1-8,15,17,23-24H,9-10H2,(H,20,25)(H,21,22). The van der Waals surface area contributed by atoms with Crippen LogP contribution >= 0.6 is 15.9 Å². The number of amides is 1. The summed E-state index contributed by atoms with van der Waals surface area (Å²) in [7, 11) is 0. The summed E-state index contributed by atoms with van der Waals surface area (Å²) in [4.78, 5) is 11.7. The van der Waals surface area contributed by atoms with E-state index in [0.717, 1.165) is 10.0 Å². The van der Waals surface area contributed by atoms with Gasteiger partial charge in [0.05, 0.1) is 11.2 Å². The summed E-state index contributed by atoms with van der Waals surface area (Å²) in [6, 6.07) is 14.7. The lowest BCUT2D eigenvalue weighted by atomic mass is 10.1. The van der Waals surface area contributed by atoms with Gasteiger partial charge in [-0.1, -0.05) is 46.3 Å². The third kappa shape index (κ3) is 4.40. The first kappa shape index (κ1) is 18.4. The highest BCUT2D eigenvalue weighted by Gasteiger charge is 2.23. The number of benzene rings is 2. The van der Waals surface area contributed by atoms with Gasteiger partial charge in [-0.2, -0.15) is 5.10 Å². The fourth-order valence-corrected chi connectivity index (χ4v) is 2.85. The largest absolute Gasteiger partial charge is 0.445 e. The number of hydrogen-bond acceptors (Lipinski definition) is 5. The zero-order valence-corrected chi connectivity index (χ0v) is 15.3. The van der Waals surface area contributed by atoms with Gasteiger partial charge in [0.15, 0.2) is 0 Å². The van der Waals surface area contributed by atoms with E-state index >= 15 is 0 Å². The molecule has 0 radical (unpaired) electrons. The number of hydrogen-bond donors (Lipinski definition) is 4. The molecule has 136 valence electrons. The minimum atomic E-state index is -1.23. The highest BCUT2D eigenvalue weighted by molar-refractivity contribution is 9.10. The number of nitrogens with zero attached hydrogens (tertiary/aromatic N) is 1. The molecule has 1 amide bonds. The van der Waals surface area contributed by atoms with E-state index in [1.54, 1.807) is 12.1 Å². The highest BCUT2D eigenvalue weighted by Crippen LogP contribution is 2.26. The van der Waals surface area contributed by atoms with E-state index in [-0.39, 0.29) is 13.2 Å². The van der Waals surface area contributed by atoms with Crippen LogP contribution in [0.3, 0.4) is 0 Å². The molecule has 0 fully saturated rings. The molecule has 0 saturated carbocycles.